The normalized spacial score (nSPS) is 18.6. The van der Waals surface area contributed by atoms with Crippen LogP contribution in [0.3, 0.4) is 0 Å². The quantitative estimate of drug-likeness (QED) is 0.893. The second-order valence-electron chi connectivity index (χ2n) is 6.73. The predicted octanol–water partition coefficient (Wildman–Crippen LogP) is 3.97. The van der Waals surface area contributed by atoms with E-state index in [4.69, 9.17) is 9.72 Å². The third-order valence-corrected chi connectivity index (χ3v) is 5.38. The fourth-order valence-corrected chi connectivity index (χ4v) is 4.41. The lowest BCUT2D eigenvalue weighted by molar-refractivity contribution is -0.00903. The summed E-state index contributed by atoms with van der Waals surface area (Å²) >= 11 is 1.85. The minimum atomic E-state index is -0.116. The summed E-state index contributed by atoms with van der Waals surface area (Å²) in [6, 6.07) is 0. The van der Waals surface area contributed by atoms with Crippen LogP contribution in [0.25, 0.3) is 0 Å². The average molecular weight is 296 g/mol. The molecule has 2 rings (SSSR count). The van der Waals surface area contributed by atoms with Crippen molar-refractivity contribution in [3.63, 3.8) is 0 Å². The number of hydrogen-bond donors (Lipinski definition) is 1. The van der Waals surface area contributed by atoms with E-state index < -0.39 is 0 Å². The maximum absolute atomic E-state index is 5.90. The topological polar surface area (TPSA) is 34.1 Å². The molecule has 0 atom stereocenters. The first kappa shape index (κ1) is 15.9. The third kappa shape index (κ3) is 3.07. The van der Waals surface area contributed by atoms with Gasteiger partial charge < -0.3 is 10.1 Å². The van der Waals surface area contributed by atoms with Crippen LogP contribution in [0.5, 0.6) is 0 Å². The molecule has 0 bridgehead atoms. The van der Waals surface area contributed by atoms with Crippen molar-refractivity contribution < 1.29 is 4.74 Å². The summed E-state index contributed by atoms with van der Waals surface area (Å²) in [5, 5.41) is 4.63. The first-order valence-electron chi connectivity index (χ1n) is 7.69. The Morgan fingerprint density at radius 3 is 2.45 bits per heavy atom. The smallest absolute Gasteiger partial charge is 0.125 e. The maximum Gasteiger partial charge on any atom is 0.125 e. The monoisotopic (exact) mass is 296 g/mol. The molecule has 1 aromatic rings. The van der Waals surface area contributed by atoms with E-state index in [1.165, 1.54) is 28.4 Å². The highest BCUT2D eigenvalue weighted by Crippen LogP contribution is 2.45. The molecular formula is C16H28N2OS. The molecule has 0 spiro atoms. The Balaban J connectivity index is 2.37. The van der Waals surface area contributed by atoms with E-state index in [1.54, 1.807) is 0 Å². The minimum Gasteiger partial charge on any atom is -0.371 e. The lowest BCUT2D eigenvalue weighted by Gasteiger charge is -2.25. The standard InChI is InChI=1S/C16H28N2OS/c1-6-17-11-12-13(15(2,3)4)18-14(20-12)16(19-5)9-7-8-10-16/h17H,6-11H2,1-5H3. The van der Waals surface area contributed by atoms with Gasteiger partial charge in [-0.25, -0.2) is 4.98 Å². The van der Waals surface area contributed by atoms with E-state index in [-0.39, 0.29) is 11.0 Å². The van der Waals surface area contributed by atoms with E-state index in [2.05, 4.69) is 33.0 Å². The zero-order valence-electron chi connectivity index (χ0n) is 13.5. The molecule has 0 unspecified atom stereocenters. The zero-order valence-corrected chi connectivity index (χ0v) is 14.3. The zero-order chi connectivity index (χ0) is 14.8. The van der Waals surface area contributed by atoms with Crippen molar-refractivity contribution in [1.82, 2.24) is 10.3 Å². The Morgan fingerprint density at radius 2 is 1.95 bits per heavy atom. The van der Waals surface area contributed by atoms with E-state index in [0.717, 1.165) is 25.9 Å². The van der Waals surface area contributed by atoms with Gasteiger partial charge >= 0.3 is 0 Å². The van der Waals surface area contributed by atoms with E-state index in [9.17, 15) is 0 Å². The van der Waals surface area contributed by atoms with Gasteiger partial charge in [0.05, 0.1) is 5.69 Å². The van der Waals surface area contributed by atoms with Gasteiger partial charge in [0.25, 0.3) is 0 Å². The number of nitrogens with zero attached hydrogens (tertiary/aromatic N) is 1. The van der Waals surface area contributed by atoms with E-state index in [1.807, 2.05) is 18.4 Å². The molecule has 1 N–H and O–H groups in total. The molecule has 1 saturated carbocycles. The van der Waals surface area contributed by atoms with Crippen LogP contribution in [0.4, 0.5) is 0 Å². The first-order chi connectivity index (χ1) is 9.43. The molecule has 4 heteroatoms. The van der Waals surface area contributed by atoms with Gasteiger partial charge in [0.1, 0.15) is 10.6 Å². The summed E-state index contributed by atoms with van der Waals surface area (Å²) in [5.41, 5.74) is 1.21. The lowest BCUT2D eigenvalue weighted by atomic mass is 9.91. The van der Waals surface area contributed by atoms with Crippen LogP contribution >= 0.6 is 11.3 Å². The number of rotatable bonds is 5. The van der Waals surface area contributed by atoms with Crippen LogP contribution < -0.4 is 5.32 Å². The number of nitrogens with one attached hydrogen (secondary N) is 1. The molecule has 1 aliphatic carbocycles. The second-order valence-corrected chi connectivity index (χ2v) is 7.81. The van der Waals surface area contributed by atoms with Crippen LogP contribution in [-0.2, 0) is 22.3 Å². The van der Waals surface area contributed by atoms with Gasteiger partial charge in [0.2, 0.25) is 0 Å². The molecule has 1 heterocycles. The molecule has 3 nitrogen and oxygen atoms in total. The Kier molecular flexibility index (Phi) is 4.88. The number of hydrogen-bond acceptors (Lipinski definition) is 4. The Labute approximate surface area is 127 Å². The van der Waals surface area contributed by atoms with Crippen molar-refractivity contribution in [2.45, 2.75) is 70.9 Å². The molecule has 0 aromatic carbocycles. The molecule has 1 aliphatic rings. The summed E-state index contributed by atoms with van der Waals surface area (Å²) in [6.07, 6.45) is 4.73. The summed E-state index contributed by atoms with van der Waals surface area (Å²) in [7, 11) is 1.84. The number of ether oxygens (including phenoxy) is 1. The number of aromatic nitrogens is 1. The highest BCUT2D eigenvalue weighted by molar-refractivity contribution is 7.11. The molecule has 0 aliphatic heterocycles. The molecule has 0 saturated heterocycles. The summed E-state index contributed by atoms with van der Waals surface area (Å²) in [4.78, 5) is 6.39. The van der Waals surface area contributed by atoms with Crippen molar-refractivity contribution in [3.8, 4) is 0 Å². The van der Waals surface area contributed by atoms with Gasteiger partial charge in [-0.3, -0.25) is 0 Å². The fraction of sp³-hybridized carbons (Fsp3) is 0.812. The SMILES string of the molecule is CCNCc1sc(C2(OC)CCCC2)nc1C(C)(C)C. The Bertz CT molecular complexity index is 442. The highest BCUT2D eigenvalue weighted by atomic mass is 32.1. The molecule has 1 fully saturated rings. The second kappa shape index (κ2) is 6.12. The third-order valence-electron chi connectivity index (χ3n) is 4.14. The van der Waals surface area contributed by atoms with Crippen molar-refractivity contribution in [2.75, 3.05) is 13.7 Å². The van der Waals surface area contributed by atoms with Gasteiger partial charge in [0, 0.05) is 23.9 Å². The number of methoxy groups -OCH3 is 1. The number of thiazole rings is 1. The van der Waals surface area contributed by atoms with Crippen LogP contribution in [0.2, 0.25) is 0 Å². The molecule has 1 aromatic heterocycles. The van der Waals surface area contributed by atoms with Gasteiger partial charge in [-0.1, -0.05) is 40.5 Å². The predicted molar refractivity (Wildman–Crippen MR) is 85.3 cm³/mol. The van der Waals surface area contributed by atoms with Crippen molar-refractivity contribution in [3.05, 3.63) is 15.6 Å². The van der Waals surface area contributed by atoms with Crippen LogP contribution in [0, 0.1) is 0 Å². The lowest BCUT2D eigenvalue weighted by Crippen LogP contribution is -2.24. The van der Waals surface area contributed by atoms with Gasteiger partial charge in [-0.15, -0.1) is 11.3 Å². The Morgan fingerprint density at radius 1 is 1.30 bits per heavy atom. The van der Waals surface area contributed by atoms with Crippen molar-refractivity contribution in [2.24, 2.45) is 0 Å². The van der Waals surface area contributed by atoms with E-state index in [0.29, 0.717) is 0 Å². The molecule has 0 radical (unpaired) electrons. The molecule has 0 amide bonds. The minimum absolute atomic E-state index is 0.0903. The summed E-state index contributed by atoms with van der Waals surface area (Å²) < 4.78 is 5.90. The summed E-state index contributed by atoms with van der Waals surface area (Å²) in [6.45, 7) is 10.8. The molecule has 114 valence electrons. The maximum atomic E-state index is 5.90. The van der Waals surface area contributed by atoms with Gasteiger partial charge in [-0.2, -0.15) is 0 Å². The van der Waals surface area contributed by atoms with Crippen LogP contribution in [-0.4, -0.2) is 18.6 Å². The highest BCUT2D eigenvalue weighted by Gasteiger charge is 2.40. The Hall–Kier alpha value is -0.450. The fourth-order valence-electron chi connectivity index (χ4n) is 2.94. The average Bonchev–Trinajstić information content (AvgIpc) is 3.02. The summed E-state index contributed by atoms with van der Waals surface area (Å²) in [5.74, 6) is 0. The van der Waals surface area contributed by atoms with Crippen LogP contribution in [0.15, 0.2) is 0 Å². The van der Waals surface area contributed by atoms with E-state index >= 15 is 0 Å². The molecule has 20 heavy (non-hydrogen) atoms. The molecular weight excluding hydrogens is 268 g/mol. The van der Waals surface area contributed by atoms with Gasteiger partial charge in [0.15, 0.2) is 0 Å². The van der Waals surface area contributed by atoms with Gasteiger partial charge in [-0.05, 0) is 19.4 Å². The van der Waals surface area contributed by atoms with Crippen molar-refractivity contribution in [1.29, 1.82) is 0 Å². The van der Waals surface area contributed by atoms with Crippen LogP contribution in [0.1, 0.15) is 69.0 Å². The first-order valence-corrected chi connectivity index (χ1v) is 8.51. The largest absolute Gasteiger partial charge is 0.371 e. The van der Waals surface area contributed by atoms with Crippen molar-refractivity contribution >= 4 is 11.3 Å².